The van der Waals surface area contributed by atoms with Gasteiger partial charge in [-0.05, 0) is 49.4 Å². The van der Waals surface area contributed by atoms with Crippen molar-refractivity contribution in [2.24, 2.45) is 0 Å². The van der Waals surface area contributed by atoms with Crippen LogP contribution in [-0.2, 0) is 16.0 Å². The summed E-state index contributed by atoms with van der Waals surface area (Å²) in [4.78, 5) is 28.0. The molecule has 1 aliphatic rings. The summed E-state index contributed by atoms with van der Waals surface area (Å²) in [5.41, 5.74) is 1.12. The SMILES string of the molecule is CCC(C(=O)NC1CCCC1)N(CCc1ccccc1)C(=O)COc1ccc(Br)cc1Cl. The lowest BCUT2D eigenvalue weighted by Gasteiger charge is -2.31. The van der Waals surface area contributed by atoms with Gasteiger partial charge in [0.1, 0.15) is 11.8 Å². The molecule has 0 aromatic heterocycles. The molecule has 172 valence electrons. The van der Waals surface area contributed by atoms with Gasteiger partial charge in [-0.25, -0.2) is 0 Å². The topological polar surface area (TPSA) is 58.6 Å². The van der Waals surface area contributed by atoms with Crippen LogP contribution in [0.2, 0.25) is 5.02 Å². The first-order valence-corrected chi connectivity index (χ1v) is 12.4. The molecule has 0 bridgehead atoms. The largest absolute Gasteiger partial charge is 0.482 e. The van der Waals surface area contributed by atoms with Crippen LogP contribution in [-0.4, -0.2) is 41.9 Å². The first kappa shape index (κ1) is 24.6. The Kier molecular flexibility index (Phi) is 9.42. The van der Waals surface area contributed by atoms with Gasteiger partial charge in [0.05, 0.1) is 5.02 Å². The molecule has 32 heavy (non-hydrogen) atoms. The van der Waals surface area contributed by atoms with Crippen molar-refractivity contribution in [3.05, 3.63) is 63.6 Å². The van der Waals surface area contributed by atoms with Gasteiger partial charge < -0.3 is 15.0 Å². The van der Waals surface area contributed by atoms with Gasteiger partial charge >= 0.3 is 0 Å². The molecule has 0 heterocycles. The van der Waals surface area contributed by atoms with Crippen LogP contribution < -0.4 is 10.1 Å². The second-order valence-electron chi connectivity index (χ2n) is 8.10. The second-order valence-corrected chi connectivity index (χ2v) is 9.42. The molecule has 0 radical (unpaired) electrons. The Balaban J connectivity index is 1.71. The molecule has 0 spiro atoms. The highest BCUT2D eigenvalue weighted by atomic mass is 79.9. The van der Waals surface area contributed by atoms with Crippen molar-refractivity contribution in [3.63, 3.8) is 0 Å². The quantitative estimate of drug-likeness (QED) is 0.456. The Labute approximate surface area is 203 Å². The lowest BCUT2D eigenvalue weighted by atomic mass is 10.1. The van der Waals surface area contributed by atoms with E-state index < -0.39 is 6.04 Å². The van der Waals surface area contributed by atoms with E-state index in [2.05, 4.69) is 21.2 Å². The maximum atomic E-state index is 13.2. The number of amides is 2. The molecule has 7 heteroatoms. The van der Waals surface area contributed by atoms with Gasteiger partial charge in [-0.1, -0.05) is 77.6 Å². The Bertz CT molecular complexity index is 903. The molecule has 0 saturated heterocycles. The summed E-state index contributed by atoms with van der Waals surface area (Å²) in [6.45, 7) is 2.20. The van der Waals surface area contributed by atoms with Crippen LogP contribution in [0.1, 0.15) is 44.6 Å². The molecular formula is C25H30BrClN2O3. The molecule has 2 aromatic carbocycles. The van der Waals surface area contributed by atoms with Crippen molar-refractivity contribution < 1.29 is 14.3 Å². The summed E-state index contributed by atoms with van der Waals surface area (Å²) < 4.78 is 6.55. The lowest BCUT2D eigenvalue weighted by Crippen LogP contribution is -2.52. The summed E-state index contributed by atoms with van der Waals surface area (Å²) in [7, 11) is 0. The minimum atomic E-state index is -0.532. The molecule has 2 aromatic rings. The van der Waals surface area contributed by atoms with Crippen LogP contribution >= 0.6 is 27.5 Å². The number of carbonyl (C=O) groups is 2. The van der Waals surface area contributed by atoms with E-state index in [-0.39, 0.29) is 24.5 Å². The van der Waals surface area contributed by atoms with Gasteiger partial charge in [-0.15, -0.1) is 0 Å². The van der Waals surface area contributed by atoms with E-state index in [1.54, 1.807) is 17.0 Å². The molecule has 1 aliphatic carbocycles. The molecule has 1 atom stereocenters. The van der Waals surface area contributed by atoms with Crippen molar-refractivity contribution in [1.82, 2.24) is 10.2 Å². The van der Waals surface area contributed by atoms with Crippen LogP contribution in [0.4, 0.5) is 0 Å². The summed E-state index contributed by atoms with van der Waals surface area (Å²) in [6.07, 6.45) is 5.49. The van der Waals surface area contributed by atoms with Gasteiger partial charge in [-0.2, -0.15) is 0 Å². The Morgan fingerprint density at radius 2 is 1.91 bits per heavy atom. The van der Waals surface area contributed by atoms with Gasteiger partial charge in [0.25, 0.3) is 5.91 Å². The van der Waals surface area contributed by atoms with Crippen molar-refractivity contribution in [2.75, 3.05) is 13.2 Å². The van der Waals surface area contributed by atoms with E-state index >= 15 is 0 Å². The zero-order chi connectivity index (χ0) is 22.9. The third-order valence-electron chi connectivity index (χ3n) is 5.82. The predicted octanol–water partition coefficient (Wildman–Crippen LogP) is 5.39. The zero-order valence-electron chi connectivity index (χ0n) is 18.4. The Morgan fingerprint density at radius 1 is 1.19 bits per heavy atom. The summed E-state index contributed by atoms with van der Waals surface area (Å²) >= 11 is 9.59. The van der Waals surface area contributed by atoms with Gasteiger partial charge in [-0.3, -0.25) is 9.59 Å². The highest BCUT2D eigenvalue weighted by molar-refractivity contribution is 9.10. The number of halogens is 2. The molecule has 1 fully saturated rings. The molecule has 0 aliphatic heterocycles. The number of nitrogens with one attached hydrogen (secondary N) is 1. The van der Waals surface area contributed by atoms with Crippen molar-refractivity contribution in [3.8, 4) is 5.75 Å². The second kappa shape index (κ2) is 12.3. The third kappa shape index (κ3) is 6.97. The van der Waals surface area contributed by atoms with Crippen LogP contribution in [0.3, 0.4) is 0 Å². The third-order valence-corrected chi connectivity index (χ3v) is 6.61. The summed E-state index contributed by atoms with van der Waals surface area (Å²) in [6, 6.07) is 14.9. The van der Waals surface area contributed by atoms with Crippen molar-refractivity contribution in [1.29, 1.82) is 0 Å². The van der Waals surface area contributed by atoms with Crippen molar-refractivity contribution >= 4 is 39.3 Å². The molecule has 1 saturated carbocycles. The van der Waals surface area contributed by atoms with Gasteiger partial charge in [0.2, 0.25) is 5.91 Å². The fourth-order valence-corrected chi connectivity index (χ4v) is 4.81. The van der Waals surface area contributed by atoms with Crippen LogP contribution in [0.15, 0.2) is 53.0 Å². The molecule has 2 amide bonds. The smallest absolute Gasteiger partial charge is 0.261 e. The minimum absolute atomic E-state index is 0.0810. The highest BCUT2D eigenvalue weighted by Gasteiger charge is 2.30. The molecular weight excluding hydrogens is 492 g/mol. The number of hydrogen-bond acceptors (Lipinski definition) is 3. The van der Waals surface area contributed by atoms with Crippen LogP contribution in [0.5, 0.6) is 5.75 Å². The summed E-state index contributed by atoms with van der Waals surface area (Å²) in [5.74, 6) is 0.130. The Morgan fingerprint density at radius 3 is 2.56 bits per heavy atom. The maximum absolute atomic E-state index is 13.2. The molecule has 1 unspecified atom stereocenters. The van der Waals surface area contributed by atoms with Crippen LogP contribution in [0, 0.1) is 0 Å². The normalized spacial score (nSPS) is 14.7. The number of rotatable bonds is 10. The van der Waals surface area contributed by atoms with E-state index in [0.717, 1.165) is 35.7 Å². The van der Waals surface area contributed by atoms with E-state index in [1.165, 1.54) is 0 Å². The van der Waals surface area contributed by atoms with Gasteiger partial charge in [0, 0.05) is 17.1 Å². The molecule has 1 N–H and O–H groups in total. The summed E-state index contributed by atoms with van der Waals surface area (Å²) in [5, 5.41) is 3.58. The average molecular weight is 522 g/mol. The zero-order valence-corrected chi connectivity index (χ0v) is 20.7. The Hall–Kier alpha value is -2.05. The predicted molar refractivity (Wildman–Crippen MR) is 131 cm³/mol. The fourth-order valence-electron chi connectivity index (χ4n) is 4.08. The average Bonchev–Trinajstić information content (AvgIpc) is 3.29. The molecule has 5 nitrogen and oxygen atoms in total. The van der Waals surface area contributed by atoms with Crippen molar-refractivity contribution in [2.45, 2.75) is 57.5 Å². The number of ether oxygens (including phenoxy) is 1. The standard InChI is InChI=1S/C25H30BrClN2O3/c1-2-22(25(31)28-20-10-6-7-11-20)29(15-14-18-8-4-3-5-9-18)24(30)17-32-23-13-12-19(26)16-21(23)27/h3-5,8-9,12-13,16,20,22H,2,6-7,10-11,14-15,17H2,1H3,(H,28,31). The fraction of sp³-hybridized carbons (Fsp3) is 0.440. The lowest BCUT2D eigenvalue weighted by molar-refractivity contribution is -0.142. The van der Waals surface area contributed by atoms with E-state index in [1.807, 2.05) is 43.3 Å². The number of benzene rings is 2. The highest BCUT2D eigenvalue weighted by Crippen LogP contribution is 2.28. The number of nitrogens with zero attached hydrogens (tertiary/aromatic N) is 1. The minimum Gasteiger partial charge on any atom is -0.482 e. The monoisotopic (exact) mass is 520 g/mol. The van der Waals surface area contributed by atoms with E-state index in [4.69, 9.17) is 16.3 Å². The number of carbonyl (C=O) groups excluding carboxylic acids is 2. The molecule has 3 rings (SSSR count). The van der Waals surface area contributed by atoms with E-state index in [9.17, 15) is 9.59 Å². The first-order valence-electron chi connectivity index (χ1n) is 11.2. The maximum Gasteiger partial charge on any atom is 0.261 e. The number of hydrogen-bond donors (Lipinski definition) is 1. The van der Waals surface area contributed by atoms with Crippen LogP contribution in [0.25, 0.3) is 0 Å². The first-order chi connectivity index (χ1) is 15.5. The van der Waals surface area contributed by atoms with E-state index in [0.29, 0.717) is 30.2 Å². The van der Waals surface area contributed by atoms with Gasteiger partial charge in [0.15, 0.2) is 6.61 Å².